The molecular weight excluding hydrogens is 148 g/mol. The molecule has 2 heterocycles. The molecule has 2 atom stereocenters. The highest BCUT2D eigenvalue weighted by Crippen LogP contribution is 2.28. The van der Waals surface area contributed by atoms with Gasteiger partial charge < -0.3 is 5.32 Å². The molecule has 1 N–H and O–H groups in total. The molecule has 0 radical (unpaired) electrons. The van der Waals surface area contributed by atoms with Crippen LogP contribution in [0.4, 0.5) is 0 Å². The summed E-state index contributed by atoms with van der Waals surface area (Å²) in [4.78, 5) is 2.42. The Balaban J connectivity index is 2.13. The molecule has 68 valence electrons. The summed E-state index contributed by atoms with van der Waals surface area (Å²) in [5.74, 6) is 0. The molecule has 0 unspecified atom stereocenters. The van der Waals surface area contributed by atoms with Gasteiger partial charge in [0, 0.05) is 24.3 Å². The van der Waals surface area contributed by atoms with Crippen LogP contribution < -0.4 is 5.32 Å². The van der Waals surface area contributed by atoms with Crippen LogP contribution in [0.1, 0.15) is 26.7 Å². The van der Waals surface area contributed by atoms with Crippen molar-refractivity contribution in [1.29, 1.82) is 0 Å². The maximum Gasteiger partial charge on any atom is 0.0381 e. The first-order valence-electron chi connectivity index (χ1n) is 4.84. The highest BCUT2D eigenvalue weighted by Gasteiger charge is 2.27. The van der Waals surface area contributed by atoms with E-state index in [1.54, 1.807) is 5.57 Å². The third kappa shape index (κ3) is 1.24. The average Bonchev–Trinajstić information content (AvgIpc) is 2.30. The van der Waals surface area contributed by atoms with E-state index < -0.39 is 0 Å². The van der Waals surface area contributed by atoms with Gasteiger partial charge in [0.05, 0.1) is 0 Å². The summed E-state index contributed by atoms with van der Waals surface area (Å²) >= 11 is 0. The van der Waals surface area contributed by atoms with E-state index in [0.29, 0.717) is 6.04 Å². The van der Waals surface area contributed by atoms with Gasteiger partial charge in [-0.05, 0) is 39.3 Å². The summed E-state index contributed by atoms with van der Waals surface area (Å²) in [6.45, 7) is 5.70. The molecule has 2 heteroatoms. The van der Waals surface area contributed by atoms with Crippen molar-refractivity contribution in [1.82, 2.24) is 10.2 Å². The van der Waals surface area contributed by atoms with Crippen molar-refractivity contribution in [2.24, 2.45) is 0 Å². The Morgan fingerprint density at radius 3 is 2.83 bits per heavy atom. The Bertz CT molecular complexity index is 198. The van der Waals surface area contributed by atoms with Gasteiger partial charge in [0.25, 0.3) is 0 Å². The van der Waals surface area contributed by atoms with Gasteiger partial charge >= 0.3 is 0 Å². The number of nitrogens with one attached hydrogen (secondary N) is 1. The molecule has 0 aromatic carbocycles. The topological polar surface area (TPSA) is 15.3 Å². The van der Waals surface area contributed by atoms with Crippen LogP contribution in [0.25, 0.3) is 0 Å². The highest BCUT2D eigenvalue weighted by molar-refractivity contribution is 5.25. The van der Waals surface area contributed by atoms with Crippen LogP contribution in [0.2, 0.25) is 0 Å². The quantitative estimate of drug-likeness (QED) is 0.584. The molecule has 2 aliphatic heterocycles. The van der Waals surface area contributed by atoms with E-state index in [9.17, 15) is 0 Å². The second-order valence-electron chi connectivity index (χ2n) is 4.30. The lowest BCUT2D eigenvalue weighted by Crippen LogP contribution is -2.37. The van der Waals surface area contributed by atoms with E-state index in [1.165, 1.54) is 18.5 Å². The van der Waals surface area contributed by atoms with Crippen molar-refractivity contribution in [3.63, 3.8) is 0 Å². The van der Waals surface area contributed by atoms with E-state index >= 15 is 0 Å². The second-order valence-corrected chi connectivity index (χ2v) is 4.30. The molecule has 0 bridgehead atoms. The largest absolute Gasteiger partial charge is 0.385 e. The molecule has 0 spiro atoms. The zero-order valence-electron chi connectivity index (χ0n) is 8.22. The summed E-state index contributed by atoms with van der Waals surface area (Å²) in [5, 5.41) is 3.54. The van der Waals surface area contributed by atoms with Crippen LogP contribution >= 0.6 is 0 Å². The van der Waals surface area contributed by atoms with E-state index in [2.05, 4.69) is 31.1 Å². The Morgan fingerprint density at radius 1 is 1.33 bits per heavy atom. The van der Waals surface area contributed by atoms with Crippen molar-refractivity contribution < 1.29 is 0 Å². The highest BCUT2D eigenvalue weighted by atomic mass is 15.2. The van der Waals surface area contributed by atoms with Gasteiger partial charge in [-0.3, -0.25) is 4.90 Å². The molecule has 0 fully saturated rings. The Hall–Kier alpha value is -0.500. The van der Waals surface area contributed by atoms with E-state index in [4.69, 9.17) is 0 Å². The lowest BCUT2D eigenvalue weighted by Gasteiger charge is -2.30. The van der Waals surface area contributed by atoms with Crippen molar-refractivity contribution in [2.75, 3.05) is 13.6 Å². The molecule has 0 aromatic rings. The fourth-order valence-corrected chi connectivity index (χ4v) is 2.22. The number of hydrogen-bond acceptors (Lipinski definition) is 2. The van der Waals surface area contributed by atoms with Crippen LogP contribution in [0, 0.1) is 0 Å². The number of likely N-dealkylation sites (N-methyl/N-ethyl adjacent to an activating group) is 1. The molecule has 0 saturated carbocycles. The second kappa shape index (κ2) is 2.77. The van der Waals surface area contributed by atoms with Crippen molar-refractivity contribution in [2.45, 2.75) is 38.8 Å². The van der Waals surface area contributed by atoms with Gasteiger partial charge in [0.1, 0.15) is 0 Å². The number of nitrogens with zero attached hydrogens (tertiary/aromatic N) is 1. The van der Waals surface area contributed by atoms with Crippen LogP contribution in [0.5, 0.6) is 0 Å². The lowest BCUT2D eigenvalue weighted by atomic mass is 9.98. The van der Waals surface area contributed by atoms with Gasteiger partial charge in [-0.1, -0.05) is 0 Å². The fourth-order valence-electron chi connectivity index (χ4n) is 2.22. The summed E-state index contributed by atoms with van der Waals surface area (Å²) in [6.07, 6.45) is 2.54. The van der Waals surface area contributed by atoms with Gasteiger partial charge in [-0.15, -0.1) is 0 Å². The predicted molar refractivity (Wildman–Crippen MR) is 50.9 cm³/mol. The molecule has 2 rings (SSSR count). The number of rotatable bonds is 0. The smallest absolute Gasteiger partial charge is 0.0381 e. The molecule has 0 saturated heterocycles. The zero-order chi connectivity index (χ0) is 8.72. The average molecular weight is 166 g/mol. The van der Waals surface area contributed by atoms with Gasteiger partial charge in [-0.2, -0.15) is 0 Å². The fraction of sp³-hybridized carbons (Fsp3) is 0.800. The maximum absolute atomic E-state index is 3.54. The third-order valence-electron chi connectivity index (χ3n) is 3.10. The van der Waals surface area contributed by atoms with Gasteiger partial charge in [0.2, 0.25) is 0 Å². The zero-order valence-corrected chi connectivity index (χ0v) is 8.22. The molecule has 0 aromatic heterocycles. The van der Waals surface area contributed by atoms with E-state index in [0.717, 1.165) is 12.6 Å². The third-order valence-corrected chi connectivity index (χ3v) is 3.10. The standard InChI is InChI=1S/C10H18N2/c1-7-4-9-5-8(2)12(3)6-10(9)11-7/h7-8,11H,4-6H2,1-3H3/t7-,8+/m0/s1. The SMILES string of the molecule is C[C@@H]1CC2=C(CN1C)N[C@@H](C)C2. The Morgan fingerprint density at radius 2 is 2.08 bits per heavy atom. The van der Waals surface area contributed by atoms with Crippen molar-refractivity contribution >= 4 is 0 Å². The number of hydrogen-bond donors (Lipinski definition) is 1. The van der Waals surface area contributed by atoms with Crippen LogP contribution in [-0.4, -0.2) is 30.6 Å². The van der Waals surface area contributed by atoms with Crippen molar-refractivity contribution in [3.8, 4) is 0 Å². The molecule has 0 amide bonds. The molecule has 0 aliphatic carbocycles. The van der Waals surface area contributed by atoms with Crippen LogP contribution in [-0.2, 0) is 0 Å². The van der Waals surface area contributed by atoms with E-state index in [1.807, 2.05) is 0 Å². The molecular formula is C10H18N2. The maximum atomic E-state index is 3.54. The van der Waals surface area contributed by atoms with Gasteiger partial charge in [-0.25, -0.2) is 0 Å². The first-order valence-corrected chi connectivity index (χ1v) is 4.84. The normalized spacial score (nSPS) is 36.6. The first kappa shape index (κ1) is 8.11. The summed E-state index contributed by atoms with van der Waals surface area (Å²) < 4.78 is 0. The minimum atomic E-state index is 0.675. The van der Waals surface area contributed by atoms with Gasteiger partial charge in [0.15, 0.2) is 0 Å². The molecule has 12 heavy (non-hydrogen) atoms. The van der Waals surface area contributed by atoms with Crippen LogP contribution in [0.3, 0.4) is 0 Å². The Labute approximate surface area is 74.6 Å². The minimum Gasteiger partial charge on any atom is -0.385 e. The summed E-state index contributed by atoms with van der Waals surface area (Å²) in [5.41, 5.74) is 3.18. The molecule has 2 aliphatic rings. The van der Waals surface area contributed by atoms with E-state index in [-0.39, 0.29) is 0 Å². The predicted octanol–water partition coefficient (Wildman–Crippen LogP) is 1.35. The molecule has 2 nitrogen and oxygen atoms in total. The summed E-state index contributed by atoms with van der Waals surface area (Å²) in [6, 6.07) is 1.41. The summed E-state index contributed by atoms with van der Waals surface area (Å²) in [7, 11) is 2.21. The monoisotopic (exact) mass is 166 g/mol. The minimum absolute atomic E-state index is 0.675. The Kier molecular flexibility index (Phi) is 1.87. The lowest BCUT2D eigenvalue weighted by molar-refractivity contribution is 0.258. The van der Waals surface area contributed by atoms with Crippen LogP contribution in [0.15, 0.2) is 11.3 Å². The first-order chi connectivity index (χ1) is 5.66. The van der Waals surface area contributed by atoms with Crippen molar-refractivity contribution in [3.05, 3.63) is 11.3 Å².